The van der Waals surface area contributed by atoms with Crippen LogP contribution < -0.4 is 0 Å². The van der Waals surface area contributed by atoms with Crippen LogP contribution in [0.4, 0.5) is 0 Å². The third kappa shape index (κ3) is 7.75. The van der Waals surface area contributed by atoms with Gasteiger partial charge in [0.1, 0.15) is 0 Å². The van der Waals surface area contributed by atoms with Crippen molar-refractivity contribution >= 4 is 0 Å². The van der Waals surface area contributed by atoms with Crippen LogP contribution in [0.2, 0.25) is 0 Å². The molecule has 0 radical (unpaired) electrons. The van der Waals surface area contributed by atoms with Crippen LogP contribution in [0.3, 0.4) is 0 Å². The Morgan fingerprint density at radius 3 is 1.59 bits per heavy atom. The summed E-state index contributed by atoms with van der Waals surface area (Å²) < 4.78 is 0. The van der Waals surface area contributed by atoms with Crippen molar-refractivity contribution in [2.24, 2.45) is 0 Å². The predicted octanol–water partition coefficient (Wildman–Crippen LogP) is 8.74. The first-order valence-corrected chi connectivity index (χ1v) is 11.1. The third-order valence-electron chi connectivity index (χ3n) is 5.47. The van der Waals surface area contributed by atoms with E-state index in [9.17, 15) is 0 Å². The highest BCUT2D eigenvalue weighted by atomic mass is 14.2. The zero-order valence-corrected chi connectivity index (χ0v) is 17.4. The zero-order valence-electron chi connectivity index (χ0n) is 17.4. The normalized spacial score (nSPS) is 11.3. The summed E-state index contributed by atoms with van der Waals surface area (Å²) in [5.41, 5.74) is 5.75. The maximum atomic E-state index is 3.74. The lowest BCUT2D eigenvalue weighted by Crippen LogP contribution is -1.81. The van der Waals surface area contributed by atoms with Crippen molar-refractivity contribution in [3.63, 3.8) is 0 Å². The van der Waals surface area contributed by atoms with Gasteiger partial charge in [-0.25, -0.2) is 0 Å². The van der Waals surface area contributed by atoms with E-state index in [1.54, 1.807) is 0 Å². The van der Waals surface area contributed by atoms with Gasteiger partial charge in [-0.15, -0.1) is 6.58 Å². The lowest BCUT2D eigenvalue weighted by Gasteiger charge is -2.00. The topological polar surface area (TPSA) is 0 Å². The van der Waals surface area contributed by atoms with E-state index < -0.39 is 0 Å². The number of fused-ring (bicyclic) bond motifs is 3. The van der Waals surface area contributed by atoms with Crippen molar-refractivity contribution in [1.82, 2.24) is 0 Å². The number of hydrogen-bond donors (Lipinski definition) is 0. The van der Waals surface area contributed by atoms with Gasteiger partial charge in [-0.1, -0.05) is 119 Å². The molecule has 1 aliphatic rings. The maximum Gasteiger partial charge on any atom is -0.00135 e. The minimum absolute atomic E-state index is 1.10. The van der Waals surface area contributed by atoms with E-state index in [4.69, 9.17) is 0 Å². The number of unbranched alkanes of at least 4 members (excludes halogenated alkanes) is 10. The van der Waals surface area contributed by atoms with Crippen molar-refractivity contribution in [2.75, 3.05) is 0 Å². The smallest absolute Gasteiger partial charge is 0.00135 e. The van der Waals surface area contributed by atoms with Gasteiger partial charge >= 0.3 is 0 Å². The molecule has 0 heteroatoms. The van der Waals surface area contributed by atoms with Crippen LogP contribution in [0.1, 0.15) is 88.7 Å². The standard InChI is InChI=1S/C14H28.C13H10/c1-3-5-7-9-11-13-14-12-10-8-6-4-2;1-3-7-12-10(5-1)9-11-6-2-4-8-13(11)12/h3H,1,4-14H2,2H3;1-8H,9H2. The van der Waals surface area contributed by atoms with E-state index in [0.717, 1.165) is 6.42 Å². The number of allylic oxidation sites excluding steroid dienone is 1. The van der Waals surface area contributed by atoms with Gasteiger partial charge in [0.15, 0.2) is 0 Å². The predicted molar refractivity (Wildman–Crippen MR) is 121 cm³/mol. The first kappa shape index (κ1) is 21.5. The summed E-state index contributed by atoms with van der Waals surface area (Å²) in [6, 6.07) is 17.3. The van der Waals surface area contributed by atoms with Crippen LogP contribution in [0, 0.1) is 0 Å². The zero-order chi connectivity index (χ0) is 19.2. The Bertz CT molecular complexity index is 609. The van der Waals surface area contributed by atoms with Gasteiger partial charge in [0.25, 0.3) is 0 Å². The van der Waals surface area contributed by atoms with Gasteiger partial charge < -0.3 is 0 Å². The molecule has 0 saturated heterocycles. The minimum Gasteiger partial charge on any atom is -0.103 e. The van der Waals surface area contributed by atoms with Crippen molar-refractivity contribution in [1.29, 1.82) is 0 Å². The first-order valence-electron chi connectivity index (χ1n) is 11.1. The Labute approximate surface area is 167 Å². The van der Waals surface area contributed by atoms with E-state index in [1.165, 1.54) is 92.9 Å². The SMILES string of the molecule is C=CCCCCCCCCCCCC.c1ccc2c(c1)Cc1ccccc1-2. The summed E-state index contributed by atoms with van der Waals surface area (Å²) in [6.45, 7) is 6.01. The second-order valence-electron chi connectivity index (χ2n) is 7.75. The van der Waals surface area contributed by atoms with Crippen LogP contribution in [0.15, 0.2) is 61.2 Å². The van der Waals surface area contributed by atoms with E-state index in [-0.39, 0.29) is 0 Å². The average Bonchev–Trinajstić information content (AvgIpc) is 3.09. The minimum atomic E-state index is 1.10. The Kier molecular flexibility index (Phi) is 10.6. The molecular formula is C27H38. The molecule has 27 heavy (non-hydrogen) atoms. The van der Waals surface area contributed by atoms with Crippen molar-refractivity contribution in [3.8, 4) is 11.1 Å². The molecular weight excluding hydrogens is 324 g/mol. The molecule has 0 amide bonds. The lowest BCUT2D eigenvalue weighted by molar-refractivity contribution is 0.558. The van der Waals surface area contributed by atoms with E-state index >= 15 is 0 Å². The molecule has 0 spiro atoms. The summed E-state index contributed by atoms with van der Waals surface area (Å²) in [5.74, 6) is 0. The lowest BCUT2D eigenvalue weighted by atomic mass is 10.1. The van der Waals surface area contributed by atoms with Gasteiger partial charge in [-0.05, 0) is 41.5 Å². The Morgan fingerprint density at radius 1 is 0.667 bits per heavy atom. The van der Waals surface area contributed by atoms with Gasteiger partial charge in [0.2, 0.25) is 0 Å². The molecule has 0 N–H and O–H groups in total. The summed E-state index contributed by atoms with van der Waals surface area (Å²) in [5, 5.41) is 0. The fourth-order valence-electron chi connectivity index (χ4n) is 3.86. The molecule has 1 aliphatic carbocycles. The molecule has 2 aromatic carbocycles. The van der Waals surface area contributed by atoms with E-state index in [2.05, 4.69) is 62.0 Å². The van der Waals surface area contributed by atoms with Gasteiger partial charge in [0.05, 0.1) is 0 Å². The molecule has 0 nitrogen and oxygen atoms in total. The van der Waals surface area contributed by atoms with Crippen LogP contribution in [0.25, 0.3) is 11.1 Å². The third-order valence-corrected chi connectivity index (χ3v) is 5.47. The largest absolute Gasteiger partial charge is 0.103 e. The molecule has 146 valence electrons. The van der Waals surface area contributed by atoms with Crippen LogP contribution in [0.5, 0.6) is 0 Å². The molecule has 0 aromatic heterocycles. The van der Waals surface area contributed by atoms with Gasteiger partial charge in [-0.2, -0.15) is 0 Å². The summed E-state index contributed by atoms with van der Waals surface area (Å²) in [7, 11) is 0. The summed E-state index contributed by atoms with van der Waals surface area (Å²) >= 11 is 0. The Hall–Kier alpha value is -1.82. The Balaban J connectivity index is 0.000000193. The second-order valence-corrected chi connectivity index (χ2v) is 7.75. The maximum absolute atomic E-state index is 3.74. The van der Waals surface area contributed by atoms with Gasteiger partial charge in [-0.3, -0.25) is 0 Å². The molecule has 0 fully saturated rings. The fourth-order valence-corrected chi connectivity index (χ4v) is 3.86. The molecule has 0 unspecified atom stereocenters. The Morgan fingerprint density at radius 2 is 1.11 bits per heavy atom. The number of rotatable bonds is 11. The van der Waals surface area contributed by atoms with E-state index in [0.29, 0.717) is 0 Å². The number of benzene rings is 2. The fraction of sp³-hybridized carbons (Fsp3) is 0.481. The highest BCUT2D eigenvalue weighted by molar-refractivity contribution is 5.76. The van der Waals surface area contributed by atoms with Crippen LogP contribution in [-0.2, 0) is 6.42 Å². The molecule has 0 heterocycles. The highest BCUT2D eigenvalue weighted by Gasteiger charge is 2.15. The summed E-state index contributed by atoms with van der Waals surface area (Å²) in [4.78, 5) is 0. The molecule has 2 aromatic rings. The van der Waals surface area contributed by atoms with Crippen molar-refractivity contribution in [2.45, 2.75) is 84.0 Å². The molecule has 0 aliphatic heterocycles. The molecule has 0 saturated carbocycles. The second kappa shape index (κ2) is 13.4. The average molecular weight is 363 g/mol. The summed E-state index contributed by atoms with van der Waals surface area (Å²) in [6.07, 6.45) is 18.6. The first-order chi connectivity index (χ1) is 13.4. The quantitative estimate of drug-likeness (QED) is 0.236. The monoisotopic (exact) mass is 362 g/mol. The van der Waals surface area contributed by atoms with Crippen LogP contribution in [-0.4, -0.2) is 0 Å². The highest BCUT2D eigenvalue weighted by Crippen LogP contribution is 2.35. The van der Waals surface area contributed by atoms with E-state index in [1.807, 2.05) is 6.08 Å². The van der Waals surface area contributed by atoms with Crippen molar-refractivity contribution in [3.05, 3.63) is 72.3 Å². The molecule has 0 bridgehead atoms. The van der Waals surface area contributed by atoms with Gasteiger partial charge in [0, 0.05) is 0 Å². The van der Waals surface area contributed by atoms with Crippen molar-refractivity contribution < 1.29 is 0 Å². The molecule has 0 atom stereocenters. The number of hydrogen-bond acceptors (Lipinski definition) is 0. The van der Waals surface area contributed by atoms with Crippen LogP contribution >= 0.6 is 0 Å². The molecule has 3 rings (SSSR count).